The zero-order valence-corrected chi connectivity index (χ0v) is 68.5. The van der Waals surface area contributed by atoms with Crippen molar-refractivity contribution in [3.05, 3.63) is 455 Å². The molecule has 3 aliphatic carbocycles. The Kier molecular flexibility index (Phi) is 19.4. The molecule has 4 aromatic heterocycles. The summed E-state index contributed by atoms with van der Waals surface area (Å²) >= 11 is 6.98. The molecule has 0 amide bonds. The Balaban J connectivity index is 0.0000000954. The molecule has 0 saturated heterocycles. The highest BCUT2D eigenvalue weighted by Crippen LogP contribution is 2.45. The predicted octanol–water partition coefficient (Wildman–Crippen LogP) is 28.5. The van der Waals surface area contributed by atoms with Crippen molar-refractivity contribution in [1.82, 2.24) is 13.7 Å². The van der Waals surface area contributed by atoms with Crippen LogP contribution in [0.5, 0.6) is 0 Å². The van der Waals surface area contributed by atoms with Gasteiger partial charge >= 0.3 is 7.12 Å². The van der Waals surface area contributed by atoms with E-state index < -0.39 is 7.12 Å². The van der Waals surface area contributed by atoms with E-state index in [1.165, 1.54) is 170 Å². The average molecular weight is 1670 g/mol. The number of aromatic nitrogens is 3. The summed E-state index contributed by atoms with van der Waals surface area (Å²) in [6, 6.07) is 146. The lowest BCUT2D eigenvalue weighted by Gasteiger charge is -2.09. The van der Waals surface area contributed by atoms with Gasteiger partial charge in [-0.1, -0.05) is 317 Å². The van der Waals surface area contributed by atoms with E-state index in [1.807, 2.05) is 66.7 Å². The number of para-hydroxylation sites is 7. The topological polar surface area (TPSA) is 68.4 Å². The zero-order valence-electron chi connectivity index (χ0n) is 65.4. The first-order chi connectivity index (χ1) is 59.1. The van der Waals surface area contributed by atoms with Crippen LogP contribution in [0, 0.1) is 0 Å². The Labute approximate surface area is 712 Å². The molecule has 3 aliphatic rings. The normalized spacial score (nSPS) is 11.9. The second kappa shape index (κ2) is 31.5. The first kappa shape index (κ1) is 73.7. The van der Waals surface area contributed by atoms with Crippen LogP contribution in [0.25, 0.3) is 171 Å². The Morgan fingerprint density at radius 2 is 0.525 bits per heavy atom. The van der Waals surface area contributed by atoms with Gasteiger partial charge < -0.3 is 28.2 Å². The van der Waals surface area contributed by atoms with Crippen molar-refractivity contribution in [2.75, 3.05) is 0 Å². The molecule has 0 saturated carbocycles. The van der Waals surface area contributed by atoms with E-state index >= 15 is 0 Å². The molecule has 0 bridgehead atoms. The van der Waals surface area contributed by atoms with E-state index in [0.717, 1.165) is 62.4 Å². The molecule has 6 nitrogen and oxygen atoms in total. The summed E-state index contributed by atoms with van der Waals surface area (Å²) in [6.45, 7) is 0. The maximum atomic E-state index is 9.43. The molecule has 120 heavy (non-hydrogen) atoms. The number of hydrogen-bond donors (Lipinski definition) is 2. The fourth-order valence-corrected chi connectivity index (χ4v) is 19.0. The van der Waals surface area contributed by atoms with E-state index in [1.54, 1.807) is 6.07 Å². The largest absolute Gasteiger partial charge is 0.488 e. The number of hydrogen-bond acceptors (Lipinski definition) is 3. The SMILES string of the molecule is Brc1ccc(-c2ccc3oc4ccccc4c3c2)cc1.Brc1ccc2c(c1)Cc1ccccc1-2.OB(O)c1ccc2c(c1)c1ccccc1n2-c1ccccc1.c1ccc(-n2c3ccccc3c3cc(-c4ccc5c(c4)Cc4ccccc4-5)ccc32)cc1.c1ccc(-n2c3ccccc3c3cc(-c4ccc5c(c4)Cc4ccccc4-5)ccc32)cc1. The summed E-state index contributed by atoms with van der Waals surface area (Å²) in [5.41, 5.74) is 37.4. The van der Waals surface area contributed by atoms with Crippen LogP contribution >= 0.6 is 31.9 Å². The fraction of sp³-hybridized carbons (Fsp3) is 0.0270. The molecule has 25 rings (SSSR count). The first-order valence-electron chi connectivity index (χ1n) is 40.7. The molecule has 0 aliphatic heterocycles. The number of fused-ring (bicyclic) bond motifs is 21. The van der Waals surface area contributed by atoms with Gasteiger partial charge in [-0.05, 0) is 252 Å². The van der Waals surface area contributed by atoms with Crippen LogP contribution in [0.2, 0.25) is 0 Å². The lowest BCUT2D eigenvalue weighted by molar-refractivity contribution is 0.426. The molecule has 570 valence electrons. The molecule has 0 radical (unpaired) electrons. The van der Waals surface area contributed by atoms with Gasteiger partial charge in [-0.15, -0.1) is 0 Å². The summed E-state index contributed by atoms with van der Waals surface area (Å²) in [4.78, 5) is 0. The molecule has 0 fully saturated rings. The second-order valence-electron chi connectivity index (χ2n) is 31.0. The van der Waals surface area contributed by atoms with Crippen LogP contribution in [0.1, 0.15) is 33.4 Å². The van der Waals surface area contributed by atoms with Gasteiger partial charge in [0.15, 0.2) is 0 Å². The minimum atomic E-state index is -1.46. The third-order valence-electron chi connectivity index (χ3n) is 23.9. The molecular formula is C111H76BBr2N3O3. The smallest absolute Gasteiger partial charge is 0.456 e. The molecule has 18 aromatic carbocycles. The van der Waals surface area contributed by atoms with E-state index in [9.17, 15) is 10.0 Å². The van der Waals surface area contributed by atoms with Crippen molar-refractivity contribution in [2.45, 2.75) is 19.3 Å². The van der Waals surface area contributed by atoms with E-state index in [4.69, 9.17) is 4.42 Å². The van der Waals surface area contributed by atoms with Crippen LogP contribution in [-0.4, -0.2) is 30.9 Å². The molecule has 0 atom stereocenters. The molecule has 4 heterocycles. The van der Waals surface area contributed by atoms with Gasteiger partial charge in [-0.2, -0.15) is 0 Å². The van der Waals surface area contributed by atoms with Crippen molar-refractivity contribution in [2.24, 2.45) is 0 Å². The maximum absolute atomic E-state index is 9.43. The van der Waals surface area contributed by atoms with Crippen molar-refractivity contribution in [3.8, 4) is 83.8 Å². The van der Waals surface area contributed by atoms with Gasteiger partial charge in [0.2, 0.25) is 0 Å². The summed E-state index contributed by atoms with van der Waals surface area (Å²) in [5.74, 6) is 0. The van der Waals surface area contributed by atoms with Crippen molar-refractivity contribution >= 4 is 132 Å². The fourth-order valence-electron chi connectivity index (χ4n) is 18.3. The van der Waals surface area contributed by atoms with Gasteiger partial charge in [0.25, 0.3) is 0 Å². The van der Waals surface area contributed by atoms with Crippen LogP contribution in [0.3, 0.4) is 0 Å². The molecule has 9 heteroatoms. The van der Waals surface area contributed by atoms with Crippen LogP contribution < -0.4 is 5.46 Å². The Morgan fingerprint density at radius 3 is 0.992 bits per heavy atom. The Hall–Kier alpha value is -13.9. The van der Waals surface area contributed by atoms with Crippen LogP contribution in [-0.2, 0) is 19.3 Å². The third kappa shape index (κ3) is 13.7. The van der Waals surface area contributed by atoms with Crippen molar-refractivity contribution in [1.29, 1.82) is 0 Å². The first-order valence-corrected chi connectivity index (χ1v) is 42.3. The minimum Gasteiger partial charge on any atom is -0.456 e. The lowest BCUT2D eigenvalue weighted by Crippen LogP contribution is -2.29. The predicted molar refractivity (Wildman–Crippen MR) is 509 cm³/mol. The highest BCUT2D eigenvalue weighted by molar-refractivity contribution is 9.10. The van der Waals surface area contributed by atoms with Gasteiger partial charge in [0, 0.05) is 69.1 Å². The standard InChI is InChI=1S/2C31H21N.C18H14BNO2.C18H11BrO.C13H9Br/c2*1-2-9-25(10-3-1)32-30-13-7-6-12-28(30)29-20-22(15-17-31(29)32)21-14-16-27-24(18-21)19-23-8-4-5-11-26(23)27;21-19(22)13-10-11-18-16(12-13)15-8-4-5-9-17(15)20(18)14-6-2-1-3-7-14;19-14-8-5-12(6-9-14)13-7-10-18-16(11-13)15-3-1-2-4-17(15)20-18;14-11-5-6-13-10(8-11)7-9-3-1-2-4-12(9)13/h2*1-18,20H,19H2;1-12,21-22H;1-11H;1-6,8H,7H2. The molecule has 0 unspecified atom stereocenters. The van der Waals surface area contributed by atoms with E-state index in [2.05, 4.69) is 385 Å². The molecule has 22 aromatic rings. The van der Waals surface area contributed by atoms with Gasteiger partial charge in [-0.3, -0.25) is 0 Å². The molecular weight excluding hydrogens is 1590 g/mol. The second-order valence-corrected chi connectivity index (χ2v) is 32.9. The highest BCUT2D eigenvalue weighted by atomic mass is 79.9. The number of rotatable bonds is 7. The average Bonchev–Trinajstić information content (AvgIpc) is 1.59. The summed E-state index contributed by atoms with van der Waals surface area (Å²) in [5, 5.41) is 28.5. The summed E-state index contributed by atoms with van der Waals surface area (Å²) in [7, 11) is -1.46. The quantitative estimate of drug-likeness (QED) is 0.156. The number of furan rings is 1. The van der Waals surface area contributed by atoms with E-state index in [0.29, 0.717) is 5.46 Å². The minimum absolute atomic E-state index is 0.503. The van der Waals surface area contributed by atoms with Gasteiger partial charge in [-0.25, -0.2) is 0 Å². The summed E-state index contributed by atoms with van der Waals surface area (Å²) < 4.78 is 15.0. The van der Waals surface area contributed by atoms with Crippen LogP contribution in [0.4, 0.5) is 0 Å². The highest BCUT2D eigenvalue weighted by Gasteiger charge is 2.24. The van der Waals surface area contributed by atoms with Crippen molar-refractivity contribution in [3.63, 3.8) is 0 Å². The van der Waals surface area contributed by atoms with Gasteiger partial charge in [0.05, 0.1) is 33.1 Å². The zero-order chi connectivity index (χ0) is 80.3. The third-order valence-corrected chi connectivity index (χ3v) is 25.0. The molecule has 2 N–H and O–H groups in total. The monoisotopic (exact) mass is 1670 g/mol. The number of halogens is 2. The number of nitrogens with zero attached hydrogens (tertiary/aromatic N) is 3. The van der Waals surface area contributed by atoms with E-state index in [-0.39, 0.29) is 0 Å². The number of benzene rings is 18. The summed E-state index contributed by atoms with van der Waals surface area (Å²) in [6.07, 6.45) is 3.12. The molecule has 0 spiro atoms. The van der Waals surface area contributed by atoms with Gasteiger partial charge in [0.1, 0.15) is 11.2 Å². The Morgan fingerprint density at radius 1 is 0.217 bits per heavy atom. The Bertz CT molecular complexity index is 7440. The van der Waals surface area contributed by atoms with Crippen LogP contribution in [0.15, 0.2) is 426 Å². The lowest BCUT2D eigenvalue weighted by atomic mass is 9.80. The van der Waals surface area contributed by atoms with Crippen molar-refractivity contribution < 1.29 is 14.5 Å². The maximum Gasteiger partial charge on any atom is 0.488 e.